The van der Waals surface area contributed by atoms with Crippen LogP contribution < -0.4 is 10.6 Å². The number of anilines is 1. The van der Waals surface area contributed by atoms with Gasteiger partial charge in [0.15, 0.2) is 0 Å². The lowest BCUT2D eigenvalue weighted by Gasteiger charge is -2.34. The fraction of sp³-hybridized carbons (Fsp3) is 0.720. The van der Waals surface area contributed by atoms with Crippen molar-refractivity contribution in [3.05, 3.63) is 16.8 Å². The molecule has 9 nitrogen and oxygen atoms in total. The van der Waals surface area contributed by atoms with Gasteiger partial charge in [0, 0.05) is 58.2 Å². The zero-order valence-electron chi connectivity index (χ0n) is 21.0. The predicted octanol–water partition coefficient (Wildman–Crippen LogP) is 2.19. The Labute approximate surface area is 203 Å². The zero-order chi connectivity index (χ0) is 24.5. The van der Waals surface area contributed by atoms with E-state index in [4.69, 9.17) is 4.74 Å². The first-order valence-corrected chi connectivity index (χ1v) is 12.6. The number of hydrogen-bond donors (Lipinski definition) is 2. The SMILES string of the molecule is COCCCNC(=O)CN1CCN(CC(=O)Nc2c(C#N)c(C)c(C)n2C2CCCCC2)CC1. The number of nitriles is 1. The van der Waals surface area contributed by atoms with E-state index >= 15 is 0 Å². The van der Waals surface area contributed by atoms with Gasteiger partial charge in [-0.25, -0.2) is 0 Å². The molecule has 188 valence electrons. The molecule has 0 radical (unpaired) electrons. The first-order chi connectivity index (χ1) is 16.4. The number of amides is 2. The van der Waals surface area contributed by atoms with E-state index in [9.17, 15) is 14.9 Å². The fourth-order valence-corrected chi connectivity index (χ4v) is 5.07. The second kappa shape index (κ2) is 12.9. The Balaban J connectivity index is 1.51. The fourth-order valence-electron chi connectivity index (χ4n) is 5.07. The van der Waals surface area contributed by atoms with Crippen LogP contribution in [0.5, 0.6) is 0 Å². The molecule has 2 fully saturated rings. The molecule has 9 heteroatoms. The van der Waals surface area contributed by atoms with E-state index in [-0.39, 0.29) is 18.4 Å². The maximum atomic E-state index is 13.0. The van der Waals surface area contributed by atoms with E-state index in [0.29, 0.717) is 37.1 Å². The summed E-state index contributed by atoms with van der Waals surface area (Å²) < 4.78 is 7.20. The Morgan fingerprint density at radius 1 is 1.03 bits per heavy atom. The maximum Gasteiger partial charge on any atom is 0.239 e. The van der Waals surface area contributed by atoms with Crippen LogP contribution in [0.15, 0.2) is 0 Å². The monoisotopic (exact) mass is 472 g/mol. The number of piperazine rings is 1. The van der Waals surface area contributed by atoms with Gasteiger partial charge in [0.2, 0.25) is 11.8 Å². The molecular formula is C25H40N6O3. The third-order valence-corrected chi connectivity index (χ3v) is 7.11. The standard InChI is InChI=1S/C25H40N6O3/c1-19-20(2)31(21-8-5-4-6-9-21)25(22(19)16-26)28-24(33)18-30-13-11-29(12-14-30)17-23(32)27-10-7-15-34-3/h21H,4-15,17-18H2,1-3H3,(H,27,32)(H,28,33). The molecule has 1 aliphatic heterocycles. The molecule has 0 aromatic carbocycles. The van der Waals surface area contributed by atoms with Gasteiger partial charge in [0.25, 0.3) is 0 Å². The molecule has 2 aliphatic rings. The molecule has 0 spiro atoms. The molecule has 0 unspecified atom stereocenters. The molecule has 3 rings (SSSR count). The molecule has 2 N–H and O–H groups in total. The van der Waals surface area contributed by atoms with Crippen LogP contribution in [-0.2, 0) is 14.3 Å². The molecule has 34 heavy (non-hydrogen) atoms. The Kier molecular flexibility index (Phi) is 9.93. The Hall–Kier alpha value is -2.41. The maximum absolute atomic E-state index is 13.0. The summed E-state index contributed by atoms with van der Waals surface area (Å²) in [6.45, 7) is 8.91. The Morgan fingerprint density at radius 2 is 1.65 bits per heavy atom. The summed E-state index contributed by atoms with van der Waals surface area (Å²) in [6, 6.07) is 2.66. The van der Waals surface area contributed by atoms with Gasteiger partial charge in [-0.05, 0) is 38.7 Å². The van der Waals surface area contributed by atoms with Crippen LogP contribution in [0.25, 0.3) is 0 Å². The molecule has 1 saturated carbocycles. The summed E-state index contributed by atoms with van der Waals surface area (Å²) >= 11 is 0. The number of nitrogens with zero attached hydrogens (tertiary/aromatic N) is 4. The van der Waals surface area contributed by atoms with E-state index in [1.807, 2.05) is 13.8 Å². The second-order valence-corrected chi connectivity index (χ2v) is 9.50. The average Bonchev–Trinajstić information content (AvgIpc) is 3.07. The van der Waals surface area contributed by atoms with Crippen molar-refractivity contribution >= 4 is 17.6 Å². The van der Waals surface area contributed by atoms with E-state index in [2.05, 4.69) is 31.1 Å². The number of ether oxygens (including phenoxy) is 1. The van der Waals surface area contributed by atoms with Crippen LogP contribution in [0.2, 0.25) is 0 Å². The lowest BCUT2D eigenvalue weighted by Crippen LogP contribution is -2.51. The van der Waals surface area contributed by atoms with Crippen LogP contribution >= 0.6 is 0 Å². The number of nitrogens with one attached hydrogen (secondary N) is 2. The number of carbonyl (C=O) groups excluding carboxylic acids is 2. The van der Waals surface area contributed by atoms with Gasteiger partial charge in [0.05, 0.1) is 18.7 Å². The highest BCUT2D eigenvalue weighted by Gasteiger charge is 2.27. The normalized spacial score (nSPS) is 17.9. The second-order valence-electron chi connectivity index (χ2n) is 9.50. The summed E-state index contributed by atoms with van der Waals surface area (Å²) in [5, 5.41) is 15.8. The van der Waals surface area contributed by atoms with Crippen molar-refractivity contribution in [2.75, 3.05) is 64.8 Å². The highest BCUT2D eigenvalue weighted by molar-refractivity contribution is 5.93. The van der Waals surface area contributed by atoms with Gasteiger partial charge in [-0.3, -0.25) is 19.4 Å². The number of carbonyl (C=O) groups is 2. The lowest BCUT2D eigenvalue weighted by molar-refractivity contribution is -0.123. The largest absolute Gasteiger partial charge is 0.385 e. The highest BCUT2D eigenvalue weighted by Crippen LogP contribution is 2.36. The van der Waals surface area contributed by atoms with Crippen LogP contribution in [0.1, 0.15) is 61.4 Å². The quantitative estimate of drug-likeness (QED) is 0.506. The Bertz CT molecular complexity index is 876. The van der Waals surface area contributed by atoms with Gasteiger partial charge in [-0.2, -0.15) is 5.26 Å². The third kappa shape index (κ3) is 6.81. The van der Waals surface area contributed by atoms with Crippen molar-refractivity contribution in [3.8, 4) is 6.07 Å². The smallest absolute Gasteiger partial charge is 0.239 e. The van der Waals surface area contributed by atoms with Crippen LogP contribution in [0, 0.1) is 25.2 Å². The molecule has 2 amide bonds. The van der Waals surface area contributed by atoms with E-state index in [0.717, 1.165) is 56.7 Å². The first-order valence-electron chi connectivity index (χ1n) is 12.6. The Morgan fingerprint density at radius 3 is 2.24 bits per heavy atom. The van der Waals surface area contributed by atoms with Gasteiger partial charge in [-0.1, -0.05) is 19.3 Å². The highest BCUT2D eigenvalue weighted by atomic mass is 16.5. The van der Waals surface area contributed by atoms with Crippen molar-refractivity contribution in [1.29, 1.82) is 5.26 Å². The molecule has 1 saturated heterocycles. The van der Waals surface area contributed by atoms with Gasteiger partial charge in [-0.15, -0.1) is 0 Å². The lowest BCUT2D eigenvalue weighted by atomic mass is 9.95. The minimum Gasteiger partial charge on any atom is -0.385 e. The third-order valence-electron chi connectivity index (χ3n) is 7.11. The minimum absolute atomic E-state index is 0.0283. The summed E-state index contributed by atoms with van der Waals surface area (Å²) in [4.78, 5) is 29.3. The van der Waals surface area contributed by atoms with Crippen molar-refractivity contribution < 1.29 is 14.3 Å². The number of aromatic nitrogens is 1. The summed E-state index contributed by atoms with van der Waals surface area (Å²) in [5.74, 6) is 0.606. The van der Waals surface area contributed by atoms with Crippen LogP contribution in [-0.4, -0.2) is 85.7 Å². The summed E-state index contributed by atoms with van der Waals surface area (Å²) in [7, 11) is 1.65. The number of rotatable bonds is 10. The van der Waals surface area contributed by atoms with Gasteiger partial charge in [0.1, 0.15) is 11.9 Å². The van der Waals surface area contributed by atoms with Crippen LogP contribution in [0.3, 0.4) is 0 Å². The van der Waals surface area contributed by atoms with Crippen molar-refractivity contribution in [1.82, 2.24) is 19.7 Å². The first kappa shape index (κ1) is 26.2. The summed E-state index contributed by atoms with van der Waals surface area (Å²) in [5.41, 5.74) is 2.61. The van der Waals surface area contributed by atoms with Gasteiger partial charge < -0.3 is 19.9 Å². The molecule has 2 heterocycles. The van der Waals surface area contributed by atoms with Gasteiger partial charge >= 0.3 is 0 Å². The van der Waals surface area contributed by atoms with Crippen molar-refractivity contribution in [2.24, 2.45) is 0 Å². The van der Waals surface area contributed by atoms with E-state index < -0.39 is 0 Å². The summed E-state index contributed by atoms with van der Waals surface area (Å²) in [6.07, 6.45) is 6.61. The molecule has 1 aromatic rings. The number of hydrogen-bond acceptors (Lipinski definition) is 6. The van der Waals surface area contributed by atoms with Crippen molar-refractivity contribution in [3.63, 3.8) is 0 Å². The van der Waals surface area contributed by atoms with E-state index in [1.165, 1.54) is 19.3 Å². The van der Waals surface area contributed by atoms with E-state index in [1.54, 1.807) is 7.11 Å². The zero-order valence-corrected chi connectivity index (χ0v) is 21.0. The number of methoxy groups -OCH3 is 1. The molecular weight excluding hydrogens is 432 g/mol. The van der Waals surface area contributed by atoms with Crippen molar-refractivity contribution in [2.45, 2.75) is 58.4 Å². The molecule has 0 bridgehead atoms. The minimum atomic E-state index is -0.0876. The molecule has 0 atom stereocenters. The average molecular weight is 473 g/mol. The molecule has 1 aromatic heterocycles. The predicted molar refractivity (Wildman–Crippen MR) is 132 cm³/mol. The molecule has 1 aliphatic carbocycles. The topological polar surface area (TPSA) is 103 Å². The van der Waals surface area contributed by atoms with Crippen LogP contribution in [0.4, 0.5) is 5.82 Å².